The summed E-state index contributed by atoms with van der Waals surface area (Å²) in [5, 5.41) is 8.19. The van der Waals surface area contributed by atoms with E-state index in [9.17, 15) is 0 Å². The lowest BCUT2D eigenvalue weighted by molar-refractivity contribution is 0.324. The molecule has 1 aromatic carbocycles. The number of methoxy groups -OCH3 is 3. The van der Waals surface area contributed by atoms with Crippen molar-refractivity contribution in [2.45, 2.75) is 31.7 Å². The third kappa shape index (κ3) is 3.98. The largest absolute Gasteiger partial charge is 0.493 e. The highest BCUT2D eigenvalue weighted by Gasteiger charge is 2.39. The minimum absolute atomic E-state index is 0.495. The van der Waals surface area contributed by atoms with Crippen molar-refractivity contribution in [3.8, 4) is 17.2 Å². The average Bonchev–Trinajstić information content (AvgIpc) is 3.23. The third-order valence-electron chi connectivity index (χ3n) is 5.12. The fraction of sp³-hybridized carbons (Fsp3) is 0.556. The summed E-state index contributed by atoms with van der Waals surface area (Å²) in [7, 11) is 4.76. The van der Waals surface area contributed by atoms with Gasteiger partial charge < -0.3 is 19.5 Å². The Morgan fingerprint density at radius 1 is 1.12 bits per heavy atom. The van der Waals surface area contributed by atoms with E-state index in [0.717, 1.165) is 17.4 Å². The first-order valence-electron chi connectivity index (χ1n) is 8.54. The van der Waals surface area contributed by atoms with E-state index in [1.807, 2.05) is 12.1 Å². The van der Waals surface area contributed by atoms with Gasteiger partial charge in [-0.15, -0.1) is 0 Å². The Morgan fingerprint density at radius 3 is 2.36 bits per heavy atom. The highest BCUT2D eigenvalue weighted by molar-refractivity contribution is 7.80. The summed E-state index contributed by atoms with van der Waals surface area (Å²) >= 11 is 5.35. The molecule has 136 valence electrons. The van der Waals surface area contributed by atoms with E-state index in [4.69, 9.17) is 26.4 Å². The van der Waals surface area contributed by atoms with Crippen molar-refractivity contribution in [1.29, 1.82) is 0 Å². The van der Waals surface area contributed by atoms with Crippen molar-refractivity contribution in [1.82, 2.24) is 10.7 Å². The number of hydrazone groups is 1. The molecule has 1 aromatic rings. The van der Waals surface area contributed by atoms with Gasteiger partial charge in [0.05, 0.1) is 27.5 Å². The van der Waals surface area contributed by atoms with Crippen molar-refractivity contribution in [3.05, 3.63) is 17.7 Å². The van der Waals surface area contributed by atoms with Crippen LogP contribution < -0.4 is 25.0 Å². The van der Waals surface area contributed by atoms with E-state index >= 15 is 0 Å². The zero-order valence-electron chi connectivity index (χ0n) is 14.9. The molecule has 2 N–H and O–H groups in total. The van der Waals surface area contributed by atoms with Gasteiger partial charge in [-0.2, -0.15) is 5.10 Å². The fourth-order valence-corrected chi connectivity index (χ4v) is 4.17. The molecule has 3 atom stereocenters. The number of nitrogens with one attached hydrogen (secondary N) is 2. The highest BCUT2D eigenvalue weighted by Crippen LogP contribution is 2.44. The molecule has 7 heteroatoms. The number of hydrogen-bond donors (Lipinski definition) is 2. The summed E-state index contributed by atoms with van der Waals surface area (Å²) in [5.41, 5.74) is 3.72. The summed E-state index contributed by atoms with van der Waals surface area (Å²) in [6.07, 6.45) is 6.94. The Hall–Kier alpha value is -2.02. The summed E-state index contributed by atoms with van der Waals surface area (Å²) in [4.78, 5) is 0. The number of hydrogen-bond acceptors (Lipinski definition) is 5. The minimum atomic E-state index is 0.495. The standard InChI is InChI=1S/C18H25N3O3S/c1-22-15-8-12(9-16(23-2)17(15)24-3)10-19-21-18(25)20-14-7-11-4-5-13(14)6-11/h8-11,13-14H,4-7H2,1-3H3,(H2,20,21,25)/b19-10-/t11-,13+,14-/m0/s1. The molecule has 2 aliphatic carbocycles. The van der Waals surface area contributed by atoms with E-state index < -0.39 is 0 Å². The molecular weight excluding hydrogens is 338 g/mol. The van der Waals surface area contributed by atoms with Crippen molar-refractivity contribution >= 4 is 23.5 Å². The summed E-state index contributed by atoms with van der Waals surface area (Å²) < 4.78 is 16.0. The maximum Gasteiger partial charge on any atom is 0.203 e. The van der Waals surface area contributed by atoms with Crippen LogP contribution in [0.5, 0.6) is 17.2 Å². The molecule has 2 aliphatic rings. The monoisotopic (exact) mass is 363 g/mol. The minimum Gasteiger partial charge on any atom is -0.493 e. The van der Waals surface area contributed by atoms with E-state index in [1.54, 1.807) is 27.5 Å². The van der Waals surface area contributed by atoms with Gasteiger partial charge in [-0.3, -0.25) is 5.43 Å². The molecule has 2 fully saturated rings. The Bertz CT molecular complexity index is 640. The molecule has 0 amide bonds. The van der Waals surface area contributed by atoms with Gasteiger partial charge in [0.2, 0.25) is 5.75 Å². The number of fused-ring (bicyclic) bond motifs is 2. The SMILES string of the molecule is COc1cc(/C=N\NC(=S)N[C@H]2C[C@H]3CC[C@@H]2C3)cc(OC)c1OC. The van der Waals surface area contributed by atoms with Crippen LogP contribution in [0.15, 0.2) is 17.2 Å². The molecule has 0 heterocycles. The molecule has 0 saturated heterocycles. The highest BCUT2D eigenvalue weighted by atomic mass is 32.1. The van der Waals surface area contributed by atoms with Crippen LogP contribution in [0.1, 0.15) is 31.2 Å². The lowest BCUT2D eigenvalue weighted by Crippen LogP contribution is -2.42. The van der Waals surface area contributed by atoms with Crippen LogP contribution in [-0.2, 0) is 0 Å². The molecule has 3 rings (SSSR count). The zero-order valence-corrected chi connectivity index (χ0v) is 15.7. The van der Waals surface area contributed by atoms with Gasteiger partial charge in [0.15, 0.2) is 16.6 Å². The summed E-state index contributed by atoms with van der Waals surface area (Å²) in [6, 6.07) is 4.16. The van der Waals surface area contributed by atoms with Gasteiger partial charge in [0.25, 0.3) is 0 Å². The van der Waals surface area contributed by atoms with Crippen LogP contribution >= 0.6 is 12.2 Å². The molecular formula is C18H25N3O3S. The van der Waals surface area contributed by atoms with E-state index in [-0.39, 0.29) is 0 Å². The lowest BCUT2D eigenvalue weighted by Gasteiger charge is -2.23. The van der Waals surface area contributed by atoms with Crippen LogP contribution in [0.25, 0.3) is 0 Å². The Morgan fingerprint density at radius 2 is 1.84 bits per heavy atom. The Balaban J connectivity index is 1.59. The second-order valence-electron chi connectivity index (χ2n) is 6.58. The first kappa shape index (κ1) is 17.8. The lowest BCUT2D eigenvalue weighted by atomic mass is 9.96. The number of rotatable bonds is 6. The van der Waals surface area contributed by atoms with Crippen LogP contribution in [-0.4, -0.2) is 38.7 Å². The van der Waals surface area contributed by atoms with E-state index in [0.29, 0.717) is 28.4 Å². The quantitative estimate of drug-likeness (QED) is 0.460. The number of thiocarbonyl (C=S) groups is 1. The van der Waals surface area contributed by atoms with Crippen LogP contribution in [0, 0.1) is 11.8 Å². The van der Waals surface area contributed by atoms with E-state index in [2.05, 4.69) is 15.8 Å². The predicted molar refractivity (Wildman–Crippen MR) is 102 cm³/mol. The van der Waals surface area contributed by atoms with Crippen LogP contribution in [0.2, 0.25) is 0 Å². The van der Waals surface area contributed by atoms with Crippen LogP contribution in [0.4, 0.5) is 0 Å². The second kappa shape index (κ2) is 7.91. The first-order valence-corrected chi connectivity index (χ1v) is 8.95. The average molecular weight is 363 g/mol. The number of benzene rings is 1. The molecule has 2 saturated carbocycles. The maximum absolute atomic E-state index is 5.35. The molecule has 0 aliphatic heterocycles. The number of ether oxygens (including phenoxy) is 3. The number of nitrogens with zero attached hydrogens (tertiary/aromatic N) is 1. The smallest absolute Gasteiger partial charge is 0.203 e. The summed E-state index contributed by atoms with van der Waals surface area (Å²) in [5.74, 6) is 3.39. The molecule has 6 nitrogen and oxygen atoms in total. The van der Waals surface area contributed by atoms with Gasteiger partial charge in [-0.25, -0.2) is 0 Å². The molecule has 0 radical (unpaired) electrons. The molecule has 2 bridgehead atoms. The zero-order chi connectivity index (χ0) is 17.8. The molecule has 0 spiro atoms. The van der Waals surface area contributed by atoms with Crippen LogP contribution in [0.3, 0.4) is 0 Å². The molecule has 25 heavy (non-hydrogen) atoms. The van der Waals surface area contributed by atoms with E-state index in [1.165, 1.54) is 25.7 Å². The molecule has 0 aromatic heterocycles. The second-order valence-corrected chi connectivity index (χ2v) is 6.99. The maximum atomic E-state index is 5.35. The van der Waals surface area contributed by atoms with Gasteiger partial charge in [0, 0.05) is 11.6 Å². The summed E-state index contributed by atoms with van der Waals surface area (Å²) in [6.45, 7) is 0. The van der Waals surface area contributed by atoms with Gasteiger partial charge >= 0.3 is 0 Å². The third-order valence-corrected chi connectivity index (χ3v) is 5.33. The normalized spacial score (nSPS) is 24.4. The van der Waals surface area contributed by atoms with Crippen molar-refractivity contribution in [2.75, 3.05) is 21.3 Å². The van der Waals surface area contributed by atoms with Crippen molar-refractivity contribution in [2.24, 2.45) is 16.9 Å². The topological polar surface area (TPSA) is 64.1 Å². The Kier molecular flexibility index (Phi) is 5.63. The predicted octanol–water partition coefficient (Wildman–Crippen LogP) is 2.70. The van der Waals surface area contributed by atoms with Crippen molar-refractivity contribution in [3.63, 3.8) is 0 Å². The van der Waals surface area contributed by atoms with Gasteiger partial charge in [0.1, 0.15) is 0 Å². The van der Waals surface area contributed by atoms with Gasteiger partial charge in [-0.05, 0) is 55.4 Å². The fourth-order valence-electron chi connectivity index (χ4n) is 3.96. The molecule has 0 unspecified atom stereocenters. The first-order chi connectivity index (χ1) is 12.1. The Labute approximate surface area is 153 Å². The van der Waals surface area contributed by atoms with Gasteiger partial charge in [-0.1, -0.05) is 6.42 Å². The van der Waals surface area contributed by atoms with Crippen molar-refractivity contribution < 1.29 is 14.2 Å².